The number of hydrogen-bond donors (Lipinski definition) is 1. The molecule has 0 saturated carbocycles. The van der Waals surface area contributed by atoms with Gasteiger partial charge in [0.2, 0.25) is 0 Å². The van der Waals surface area contributed by atoms with Gasteiger partial charge in [0.25, 0.3) is 0 Å². The van der Waals surface area contributed by atoms with Crippen molar-refractivity contribution in [3.8, 4) is 5.75 Å². The van der Waals surface area contributed by atoms with Crippen LogP contribution in [0.2, 0.25) is 0 Å². The molecule has 0 amide bonds. The fraction of sp³-hybridized carbons (Fsp3) is 0.412. The average Bonchev–Trinajstić information content (AvgIpc) is 2.91. The van der Waals surface area contributed by atoms with Crippen molar-refractivity contribution in [2.75, 3.05) is 6.61 Å². The Kier molecular flexibility index (Phi) is 5.62. The third-order valence-corrected chi connectivity index (χ3v) is 3.88. The second-order valence-corrected chi connectivity index (χ2v) is 6.16. The van der Waals surface area contributed by atoms with Gasteiger partial charge in [-0.15, -0.1) is 0 Å². The van der Waals surface area contributed by atoms with Gasteiger partial charge >= 0.3 is 0 Å². The van der Waals surface area contributed by atoms with E-state index in [2.05, 4.69) is 61.1 Å². The van der Waals surface area contributed by atoms with E-state index in [1.807, 2.05) is 0 Å². The first-order valence-corrected chi connectivity index (χ1v) is 8.06. The van der Waals surface area contributed by atoms with Gasteiger partial charge in [-0.25, -0.2) is 0 Å². The summed E-state index contributed by atoms with van der Waals surface area (Å²) in [5.74, 6) is 0.999. The molecule has 2 nitrogen and oxygen atoms in total. The van der Waals surface area contributed by atoms with Crippen LogP contribution in [-0.4, -0.2) is 12.6 Å². The molecule has 2 aromatic rings. The predicted molar refractivity (Wildman–Crippen MR) is 86.7 cm³/mol. The van der Waals surface area contributed by atoms with Gasteiger partial charge in [0.15, 0.2) is 0 Å². The second-order valence-electron chi connectivity index (χ2n) is 5.38. The van der Waals surface area contributed by atoms with E-state index in [1.54, 1.807) is 11.3 Å². The molecule has 1 aromatic heterocycles. The van der Waals surface area contributed by atoms with Gasteiger partial charge in [0, 0.05) is 24.6 Å². The molecule has 2 rings (SSSR count). The van der Waals surface area contributed by atoms with Crippen molar-refractivity contribution >= 4 is 11.3 Å². The number of hydrogen-bond acceptors (Lipinski definition) is 3. The summed E-state index contributed by atoms with van der Waals surface area (Å²) in [5, 5.41) is 7.75. The van der Waals surface area contributed by atoms with Crippen molar-refractivity contribution in [1.29, 1.82) is 0 Å². The number of nitrogens with one attached hydrogen (secondary N) is 1. The monoisotopic (exact) mass is 289 g/mol. The molecular formula is C17H23NOS. The molecule has 0 bridgehead atoms. The highest BCUT2D eigenvalue weighted by Crippen LogP contribution is 2.20. The van der Waals surface area contributed by atoms with Crippen LogP contribution >= 0.6 is 11.3 Å². The van der Waals surface area contributed by atoms with Gasteiger partial charge in [0.1, 0.15) is 5.75 Å². The van der Waals surface area contributed by atoms with Gasteiger partial charge in [0.05, 0.1) is 6.61 Å². The number of thiophene rings is 1. The van der Waals surface area contributed by atoms with E-state index < -0.39 is 0 Å². The lowest BCUT2D eigenvalue weighted by molar-refractivity contribution is 0.317. The summed E-state index contributed by atoms with van der Waals surface area (Å²) in [6.07, 6.45) is 0.967. The van der Waals surface area contributed by atoms with Crippen LogP contribution in [0, 0.1) is 6.92 Å². The standard InChI is InChI=1S/C17H23NOS/c1-13(2)18-11-16-10-14(3)4-5-17(16)19-8-6-15-7-9-20-12-15/h4-5,7,9-10,12-13,18H,6,8,11H2,1-3H3. The minimum Gasteiger partial charge on any atom is -0.493 e. The molecule has 1 heterocycles. The molecule has 0 saturated heterocycles. The van der Waals surface area contributed by atoms with E-state index in [0.717, 1.165) is 25.3 Å². The molecule has 0 fully saturated rings. The lowest BCUT2D eigenvalue weighted by Gasteiger charge is -2.14. The summed E-state index contributed by atoms with van der Waals surface area (Å²) in [6.45, 7) is 8.02. The Hall–Kier alpha value is -1.32. The molecule has 0 unspecified atom stereocenters. The van der Waals surface area contributed by atoms with E-state index in [1.165, 1.54) is 16.7 Å². The third kappa shape index (κ3) is 4.66. The van der Waals surface area contributed by atoms with Crippen LogP contribution < -0.4 is 10.1 Å². The van der Waals surface area contributed by atoms with Gasteiger partial charge < -0.3 is 10.1 Å². The van der Waals surface area contributed by atoms with Crippen LogP contribution in [0.3, 0.4) is 0 Å². The fourth-order valence-corrected chi connectivity index (χ4v) is 2.72. The molecule has 1 aromatic carbocycles. The predicted octanol–water partition coefficient (Wildman–Crippen LogP) is 4.18. The maximum atomic E-state index is 5.96. The molecule has 0 radical (unpaired) electrons. The van der Waals surface area contributed by atoms with Crippen molar-refractivity contribution in [3.05, 3.63) is 51.7 Å². The van der Waals surface area contributed by atoms with Crippen molar-refractivity contribution in [1.82, 2.24) is 5.32 Å². The number of ether oxygens (including phenoxy) is 1. The average molecular weight is 289 g/mol. The first-order chi connectivity index (χ1) is 9.65. The fourth-order valence-electron chi connectivity index (χ4n) is 2.02. The Labute approximate surface area is 125 Å². The van der Waals surface area contributed by atoms with Gasteiger partial charge in [-0.2, -0.15) is 11.3 Å². The SMILES string of the molecule is Cc1ccc(OCCc2ccsc2)c(CNC(C)C)c1. The Balaban J connectivity index is 1.95. The molecule has 0 atom stereocenters. The van der Waals surface area contributed by atoms with E-state index in [4.69, 9.17) is 4.74 Å². The molecule has 20 heavy (non-hydrogen) atoms. The largest absolute Gasteiger partial charge is 0.493 e. The van der Waals surface area contributed by atoms with E-state index in [9.17, 15) is 0 Å². The van der Waals surface area contributed by atoms with Crippen molar-refractivity contribution in [2.24, 2.45) is 0 Å². The highest BCUT2D eigenvalue weighted by atomic mass is 32.1. The Morgan fingerprint density at radius 1 is 1.25 bits per heavy atom. The van der Waals surface area contributed by atoms with Crippen LogP contribution in [0.5, 0.6) is 5.75 Å². The summed E-state index contributed by atoms with van der Waals surface area (Å²) >= 11 is 1.74. The molecule has 0 aliphatic heterocycles. The van der Waals surface area contributed by atoms with Gasteiger partial charge in [-0.1, -0.05) is 31.5 Å². The minimum atomic E-state index is 0.481. The topological polar surface area (TPSA) is 21.3 Å². The quantitative estimate of drug-likeness (QED) is 0.825. The zero-order chi connectivity index (χ0) is 14.4. The van der Waals surface area contributed by atoms with E-state index in [-0.39, 0.29) is 0 Å². The maximum absolute atomic E-state index is 5.96. The molecular weight excluding hydrogens is 266 g/mol. The molecule has 1 N–H and O–H groups in total. The Bertz CT molecular complexity index is 520. The summed E-state index contributed by atoms with van der Waals surface area (Å²) in [7, 11) is 0. The Morgan fingerprint density at radius 3 is 2.80 bits per heavy atom. The maximum Gasteiger partial charge on any atom is 0.123 e. The summed E-state index contributed by atoms with van der Waals surface area (Å²) in [5.41, 5.74) is 3.86. The summed E-state index contributed by atoms with van der Waals surface area (Å²) < 4.78 is 5.96. The second kappa shape index (κ2) is 7.46. The Morgan fingerprint density at radius 2 is 2.10 bits per heavy atom. The number of benzene rings is 1. The summed E-state index contributed by atoms with van der Waals surface area (Å²) in [4.78, 5) is 0. The van der Waals surface area contributed by atoms with Gasteiger partial charge in [-0.3, -0.25) is 0 Å². The van der Waals surface area contributed by atoms with Crippen molar-refractivity contribution in [3.63, 3.8) is 0 Å². The first kappa shape index (κ1) is 15.1. The van der Waals surface area contributed by atoms with Crippen LogP contribution in [-0.2, 0) is 13.0 Å². The summed E-state index contributed by atoms with van der Waals surface area (Å²) in [6, 6.07) is 9.04. The van der Waals surface area contributed by atoms with Crippen molar-refractivity contribution < 1.29 is 4.74 Å². The van der Waals surface area contributed by atoms with E-state index in [0.29, 0.717) is 6.04 Å². The normalized spacial score (nSPS) is 11.0. The molecule has 0 aliphatic rings. The lowest BCUT2D eigenvalue weighted by Crippen LogP contribution is -2.22. The minimum absolute atomic E-state index is 0.481. The van der Waals surface area contributed by atoms with Crippen LogP contribution in [0.4, 0.5) is 0 Å². The third-order valence-electron chi connectivity index (χ3n) is 3.15. The lowest BCUT2D eigenvalue weighted by atomic mass is 10.1. The first-order valence-electron chi connectivity index (χ1n) is 7.12. The smallest absolute Gasteiger partial charge is 0.123 e. The number of rotatable bonds is 7. The van der Waals surface area contributed by atoms with Crippen LogP contribution in [0.1, 0.15) is 30.5 Å². The highest BCUT2D eigenvalue weighted by molar-refractivity contribution is 7.07. The molecule has 0 spiro atoms. The number of aryl methyl sites for hydroxylation is 1. The van der Waals surface area contributed by atoms with Crippen molar-refractivity contribution in [2.45, 2.75) is 39.8 Å². The molecule has 0 aliphatic carbocycles. The van der Waals surface area contributed by atoms with Gasteiger partial charge in [-0.05, 0) is 35.4 Å². The van der Waals surface area contributed by atoms with E-state index >= 15 is 0 Å². The highest BCUT2D eigenvalue weighted by Gasteiger charge is 2.05. The van der Waals surface area contributed by atoms with Crippen LogP contribution in [0.25, 0.3) is 0 Å². The zero-order valence-corrected chi connectivity index (χ0v) is 13.3. The van der Waals surface area contributed by atoms with Crippen LogP contribution in [0.15, 0.2) is 35.0 Å². The molecule has 3 heteroatoms. The molecule has 108 valence electrons. The zero-order valence-electron chi connectivity index (χ0n) is 12.5.